The Bertz CT molecular complexity index is 244. The van der Waals surface area contributed by atoms with Crippen molar-refractivity contribution in [2.24, 2.45) is 17.2 Å². The maximum Gasteiger partial charge on any atom is 0.144 e. The predicted octanol–water partition coefficient (Wildman–Crippen LogP) is -1.03. The van der Waals surface area contributed by atoms with Crippen LogP contribution >= 0.6 is 0 Å². The van der Waals surface area contributed by atoms with E-state index in [2.05, 4.69) is 0 Å². The number of aldehydes is 1. The van der Waals surface area contributed by atoms with Crippen molar-refractivity contribution in [2.45, 2.75) is 12.0 Å². The van der Waals surface area contributed by atoms with Gasteiger partial charge < -0.3 is 22.0 Å². The van der Waals surface area contributed by atoms with E-state index in [0.717, 1.165) is 0 Å². The summed E-state index contributed by atoms with van der Waals surface area (Å²) < 4.78 is 0. The van der Waals surface area contributed by atoms with Gasteiger partial charge in [0.2, 0.25) is 0 Å². The topological polar surface area (TPSA) is 95.1 Å². The van der Waals surface area contributed by atoms with Crippen LogP contribution in [0.15, 0.2) is 23.5 Å². The van der Waals surface area contributed by atoms with Gasteiger partial charge in [0, 0.05) is 17.8 Å². The average Bonchev–Trinajstić information content (AvgIpc) is 1.84. The molecule has 1 aliphatic carbocycles. The van der Waals surface area contributed by atoms with E-state index in [9.17, 15) is 4.79 Å². The van der Waals surface area contributed by atoms with E-state index in [1.807, 2.05) is 0 Å². The van der Waals surface area contributed by atoms with Crippen LogP contribution in [0.1, 0.15) is 6.42 Å². The summed E-state index contributed by atoms with van der Waals surface area (Å²) in [5, 5.41) is 0. The fraction of sp³-hybridized carbons (Fsp3) is 0.286. The summed E-state index contributed by atoms with van der Waals surface area (Å²) in [6.07, 6.45) is 4.11. The fourth-order valence-electron chi connectivity index (χ4n) is 1.10. The molecule has 1 atom stereocenters. The van der Waals surface area contributed by atoms with E-state index in [1.54, 1.807) is 6.08 Å². The van der Waals surface area contributed by atoms with Gasteiger partial charge in [-0.05, 0) is 12.2 Å². The normalized spacial score (nSPS) is 30.6. The minimum atomic E-state index is -0.997. The van der Waals surface area contributed by atoms with Crippen molar-refractivity contribution < 1.29 is 4.79 Å². The molecule has 0 heterocycles. The molecule has 0 aromatic rings. The number of rotatable bonds is 1. The van der Waals surface area contributed by atoms with Crippen LogP contribution in [0.3, 0.4) is 0 Å². The van der Waals surface area contributed by atoms with E-state index < -0.39 is 5.54 Å². The van der Waals surface area contributed by atoms with Crippen molar-refractivity contribution >= 4 is 6.29 Å². The van der Waals surface area contributed by atoms with Crippen LogP contribution in [0.5, 0.6) is 0 Å². The second kappa shape index (κ2) is 2.39. The van der Waals surface area contributed by atoms with Crippen LogP contribution in [0.4, 0.5) is 0 Å². The zero-order valence-corrected chi connectivity index (χ0v) is 6.08. The molecule has 0 bridgehead atoms. The van der Waals surface area contributed by atoms with Crippen LogP contribution in [0, 0.1) is 0 Å². The lowest BCUT2D eigenvalue weighted by atomic mass is 9.91. The molecule has 1 aliphatic rings. The number of hydrogen-bond donors (Lipinski definition) is 3. The Morgan fingerprint density at radius 2 is 2.18 bits per heavy atom. The van der Waals surface area contributed by atoms with Gasteiger partial charge in [0.15, 0.2) is 0 Å². The van der Waals surface area contributed by atoms with Gasteiger partial charge in [-0.15, -0.1) is 0 Å². The molecule has 0 aromatic carbocycles. The van der Waals surface area contributed by atoms with Gasteiger partial charge in [-0.25, -0.2) is 0 Å². The van der Waals surface area contributed by atoms with Crippen molar-refractivity contribution in [2.75, 3.05) is 0 Å². The van der Waals surface area contributed by atoms with Gasteiger partial charge in [0.05, 0.1) is 5.54 Å². The molecule has 11 heavy (non-hydrogen) atoms. The molecule has 60 valence electrons. The highest BCUT2D eigenvalue weighted by molar-refractivity contribution is 5.69. The Labute approximate surface area is 64.7 Å². The highest BCUT2D eigenvalue weighted by Crippen LogP contribution is 2.17. The second-order valence-corrected chi connectivity index (χ2v) is 2.77. The highest BCUT2D eigenvalue weighted by atomic mass is 16.1. The molecule has 4 heteroatoms. The van der Waals surface area contributed by atoms with Crippen molar-refractivity contribution in [3.8, 4) is 0 Å². The molecule has 0 fully saturated rings. The molecular weight excluding hydrogens is 142 g/mol. The maximum atomic E-state index is 10.5. The molecule has 0 amide bonds. The van der Waals surface area contributed by atoms with Crippen LogP contribution < -0.4 is 17.2 Å². The average molecular weight is 153 g/mol. The first-order valence-corrected chi connectivity index (χ1v) is 3.25. The van der Waals surface area contributed by atoms with E-state index in [4.69, 9.17) is 17.2 Å². The van der Waals surface area contributed by atoms with Crippen molar-refractivity contribution in [3.63, 3.8) is 0 Å². The van der Waals surface area contributed by atoms with E-state index in [0.29, 0.717) is 24.1 Å². The van der Waals surface area contributed by atoms with Gasteiger partial charge in [-0.1, -0.05) is 0 Å². The Kier molecular flexibility index (Phi) is 1.70. The molecule has 0 saturated carbocycles. The lowest BCUT2D eigenvalue weighted by Crippen LogP contribution is -2.43. The summed E-state index contributed by atoms with van der Waals surface area (Å²) in [5.74, 6) is 0. The number of hydrogen-bond acceptors (Lipinski definition) is 4. The first-order valence-electron chi connectivity index (χ1n) is 3.25. The van der Waals surface area contributed by atoms with Gasteiger partial charge in [0.1, 0.15) is 6.29 Å². The quantitative estimate of drug-likeness (QED) is 0.420. The van der Waals surface area contributed by atoms with E-state index in [1.165, 1.54) is 6.08 Å². The smallest absolute Gasteiger partial charge is 0.144 e. The Hall–Kier alpha value is -1.29. The standard InChI is InChI=1S/C7H11N3O/c8-5-1-6(9)3-7(10,2-5)4-11/h1-2,4H,3,8-10H2. The molecule has 0 saturated heterocycles. The second-order valence-electron chi connectivity index (χ2n) is 2.77. The van der Waals surface area contributed by atoms with E-state index >= 15 is 0 Å². The molecule has 0 aliphatic heterocycles. The van der Waals surface area contributed by atoms with Gasteiger partial charge in [-0.3, -0.25) is 0 Å². The molecule has 0 radical (unpaired) electrons. The number of allylic oxidation sites excluding steroid dienone is 1. The van der Waals surface area contributed by atoms with Crippen LogP contribution in [0.25, 0.3) is 0 Å². The van der Waals surface area contributed by atoms with Crippen LogP contribution in [0.2, 0.25) is 0 Å². The molecule has 0 spiro atoms. The fourth-order valence-corrected chi connectivity index (χ4v) is 1.10. The van der Waals surface area contributed by atoms with Gasteiger partial charge in [0.25, 0.3) is 0 Å². The lowest BCUT2D eigenvalue weighted by molar-refractivity contribution is -0.110. The third-order valence-electron chi connectivity index (χ3n) is 1.52. The molecular formula is C7H11N3O. The molecule has 1 unspecified atom stereocenters. The predicted molar refractivity (Wildman–Crippen MR) is 42.1 cm³/mol. The Morgan fingerprint density at radius 1 is 1.55 bits per heavy atom. The van der Waals surface area contributed by atoms with Gasteiger partial charge in [-0.2, -0.15) is 0 Å². The number of nitrogens with two attached hydrogens (primary N) is 3. The minimum absolute atomic E-state index is 0.344. The first kappa shape index (κ1) is 7.81. The van der Waals surface area contributed by atoms with Crippen LogP contribution in [-0.4, -0.2) is 11.8 Å². The Balaban J connectivity index is 2.95. The number of carbonyl (C=O) groups is 1. The molecule has 4 nitrogen and oxygen atoms in total. The zero-order chi connectivity index (χ0) is 8.48. The maximum absolute atomic E-state index is 10.5. The third kappa shape index (κ3) is 1.59. The summed E-state index contributed by atoms with van der Waals surface area (Å²) in [6.45, 7) is 0. The van der Waals surface area contributed by atoms with E-state index in [-0.39, 0.29) is 0 Å². The molecule has 6 N–H and O–H groups in total. The van der Waals surface area contributed by atoms with Crippen molar-refractivity contribution in [1.29, 1.82) is 0 Å². The molecule has 0 aromatic heterocycles. The first-order chi connectivity index (χ1) is 5.06. The zero-order valence-electron chi connectivity index (χ0n) is 6.08. The van der Waals surface area contributed by atoms with Gasteiger partial charge >= 0.3 is 0 Å². The number of carbonyl (C=O) groups excluding carboxylic acids is 1. The molecule has 1 rings (SSSR count). The van der Waals surface area contributed by atoms with Crippen molar-refractivity contribution in [1.82, 2.24) is 0 Å². The van der Waals surface area contributed by atoms with Crippen molar-refractivity contribution in [3.05, 3.63) is 23.5 Å². The minimum Gasteiger partial charge on any atom is -0.402 e. The SMILES string of the molecule is NC1=CC(N)(C=O)CC(N)=C1. The summed E-state index contributed by atoms with van der Waals surface area (Å²) in [4.78, 5) is 10.5. The highest BCUT2D eigenvalue weighted by Gasteiger charge is 2.25. The summed E-state index contributed by atoms with van der Waals surface area (Å²) in [7, 11) is 0. The third-order valence-corrected chi connectivity index (χ3v) is 1.52. The summed E-state index contributed by atoms with van der Waals surface area (Å²) >= 11 is 0. The Morgan fingerprint density at radius 3 is 2.64 bits per heavy atom. The monoisotopic (exact) mass is 153 g/mol. The lowest BCUT2D eigenvalue weighted by Gasteiger charge is -2.23. The largest absolute Gasteiger partial charge is 0.402 e. The summed E-state index contributed by atoms with van der Waals surface area (Å²) in [5.41, 5.74) is 16.5. The van der Waals surface area contributed by atoms with Crippen LogP contribution in [-0.2, 0) is 4.79 Å². The summed E-state index contributed by atoms with van der Waals surface area (Å²) in [6, 6.07) is 0.